The summed E-state index contributed by atoms with van der Waals surface area (Å²) in [7, 11) is 0. The molecule has 2 amide bonds. The molecule has 3 aromatic rings. The summed E-state index contributed by atoms with van der Waals surface area (Å²) in [6.07, 6.45) is 0.621. The first-order valence-corrected chi connectivity index (χ1v) is 9.30. The molecular weight excluding hydrogens is 372 g/mol. The molecule has 8 nitrogen and oxygen atoms in total. The van der Waals surface area contributed by atoms with Crippen molar-refractivity contribution >= 4 is 34.1 Å². The molecule has 0 spiro atoms. The highest BCUT2D eigenvalue weighted by Crippen LogP contribution is 2.15. The van der Waals surface area contributed by atoms with Crippen LogP contribution in [-0.2, 0) is 22.7 Å². The number of amides is 2. The minimum absolute atomic E-state index is 0.218. The lowest BCUT2D eigenvalue weighted by Crippen LogP contribution is -2.41. The summed E-state index contributed by atoms with van der Waals surface area (Å²) in [4.78, 5) is 49.3. The average molecular weight is 394 g/mol. The molecule has 0 radical (unpaired) electrons. The maximum atomic E-state index is 12.9. The van der Waals surface area contributed by atoms with Crippen molar-refractivity contribution in [1.29, 1.82) is 0 Å². The van der Waals surface area contributed by atoms with Gasteiger partial charge in [-0.1, -0.05) is 25.1 Å². The Morgan fingerprint density at radius 1 is 0.931 bits per heavy atom. The number of carbonyl (C=O) groups is 2. The molecule has 0 saturated heterocycles. The van der Waals surface area contributed by atoms with Crippen LogP contribution in [0.2, 0.25) is 0 Å². The van der Waals surface area contributed by atoms with Gasteiger partial charge in [-0.2, -0.15) is 0 Å². The number of aromatic nitrogens is 2. The lowest BCUT2D eigenvalue weighted by atomic mass is 10.2. The van der Waals surface area contributed by atoms with E-state index in [-0.39, 0.29) is 24.6 Å². The van der Waals surface area contributed by atoms with Gasteiger partial charge >= 0.3 is 5.69 Å². The van der Waals surface area contributed by atoms with E-state index in [0.29, 0.717) is 28.7 Å². The summed E-state index contributed by atoms with van der Waals surface area (Å²) in [5, 5.41) is 5.76. The largest absolute Gasteiger partial charge is 0.331 e. The first kappa shape index (κ1) is 20.1. The predicted octanol–water partition coefficient (Wildman–Crippen LogP) is 2.17. The van der Waals surface area contributed by atoms with Gasteiger partial charge in [0.1, 0.15) is 6.54 Å². The highest BCUT2D eigenvalue weighted by atomic mass is 16.2. The smallest absolute Gasteiger partial charge is 0.326 e. The Hall–Kier alpha value is -3.68. The van der Waals surface area contributed by atoms with Gasteiger partial charge in [0.05, 0.1) is 10.9 Å². The van der Waals surface area contributed by atoms with Crippen LogP contribution in [0.5, 0.6) is 0 Å². The van der Waals surface area contributed by atoms with Crippen molar-refractivity contribution < 1.29 is 9.59 Å². The Balaban J connectivity index is 1.94. The average Bonchev–Trinajstić information content (AvgIpc) is 2.68. The van der Waals surface area contributed by atoms with Crippen molar-refractivity contribution in [3.63, 3.8) is 0 Å². The number of para-hydroxylation sites is 1. The standard InChI is InChI=1S/C21H22N4O4/c1-3-11-24-20(28)17-9-4-5-10-18(17)25(21(24)29)13-19(27)23-16-8-6-7-15(12-16)22-14(2)26/h4-10,12H,3,11,13H2,1-2H3,(H,22,26)(H,23,27). The van der Waals surface area contributed by atoms with E-state index in [9.17, 15) is 19.2 Å². The summed E-state index contributed by atoms with van der Waals surface area (Å²) in [5.41, 5.74) is 0.580. The molecular formula is C21H22N4O4. The second-order valence-electron chi connectivity index (χ2n) is 6.65. The highest BCUT2D eigenvalue weighted by Gasteiger charge is 2.15. The predicted molar refractivity (Wildman–Crippen MR) is 112 cm³/mol. The molecule has 150 valence electrons. The molecule has 0 aliphatic rings. The number of hydrogen-bond donors (Lipinski definition) is 2. The molecule has 29 heavy (non-hydrogen) atoms. The van der Waals surface area contributed by atoms with Crippen molar-refractivity contribution in [3.8, 4) is 0 Å². The van der Waals surface area contributed by atoms with Crippen LogP contribution in [0, 0.1) is 0 Å². The van der Waals surface area contributed by atoms with Crippen molar-refractivity contribution in [2.24, 2.45) is 0 Å². The van der Waals surface area contributed by atoms with E-state index in [2.05, 4.69) is 10.6 Å². The Kier molecular flexibility index (Phi) is 5.92. The van der Waals surface area contributed by atoms with Crippen molar-refractivity contribution in [3.05, 3.63) is 69.4 Å². The van der Waals surface area contributed by atoms with Crippen LogP contribution in [0.4, 0.5) is 11.4 Å². The van der Waals surface area contributed by atoms with Crippen LogP contribution >= 0.6 is 0 Å². The maximum absolute atomic E-state index is 12.9. The third-order valence-corrected chi connectivity index (χ3v) is 4.35. The highest BCUT2D eigenvalue weighted by molar-refractivity contribution is 5.93. The van der Waals surface area contributed by atoms with Gasteiger partial charge in [0, 0.05) is 24.8 Å². The number of fused-ring (bicyclic) bond motifs is 1. The first-order chi connectivity index (χ1) is 13.9. The molecule has 0 unspecified atom stereocenters. The van der Waals surface area contributed by atoms with Crippen molar-refractivity contribution in [1.82, 2.24) is 9.13 Å². The van der Waals surface area contributed by atoms with Gasteiger partial charge in [-0.25, -0.2) is 4.79 Å². The van der Waals surface area contributed by atoms with Crippen molar-refractivity contribution in [2.45, 2.75) is 33.4 Å². The van der Waals surface area contributed by atoms with Crippen LogP contribution in [0.25, 0.3) is 10.9 Å². The summed E-state index contributed by atoms with van der Waals surface area (Å²) >= 11 is 0. The van der Waals surface area contributed by atoms with Crippen LogP contribution in [-0.4, -0.2) is 20.9 Å². The lowest BCUT2D eigenvalue weighted by Gasteiger charge is -2.14. The summed E-state index contributed by atoms with van der Waals surface area (Å²) in [6, 6.07) is 13.5. The van der Waals surface area contributed by atoms with E-state index in [1.54, 1.807) is 48.5 Å². The van der Waals surface area contributed by atoms with E-state index in [0.717, 1.165) is 4.57 Å². The molecule has 2 N–H and O–H groups in total. The summed E-state index contributed by atoms with van der Waals surface area (Å²) in [5.74, 6) is -0.636. The molecule has 2 aromatic carbocycles. The molecule has 0 aliphatic carbocycles. The van der Waals surface area contributed by atoms with E-state index in [4.69, 9.17) is 0 Å². The van der Waals surface area contributed by atoms with E-state index in [1.165, 1.54) is 11.5 Å². The van der Waals surface area contributed by atoms with Crippen molar-refractivity contribution in [2.75, 3.05) is 10.6 Å². The fraction of sp³-hybridized carbons (Fsp3) is 0.238. The zero-order chi connectivity index (χ0) is 21.0. The van der Waals surface area contributed by atoms with Crippen LogP contribution in [0.3, 0.4) is 0 Å². The van der Waals surface area contributed by atoms with Gasteiger partial charge in [-0.05, 0) is 36.8 Å². The Morgan fingerprint density at radius 2 is 1.62 bits per heavy atom. The fourth-order valence-corrected chi connectivity index (χ4v) is 3.17. The number of benzene rings is 2. The Morgan fingerprint density at radius 3 is 2.31 bits per heavy atom. The molecule has 0 atom stereocenters. The summed E-state index contributed by atoms with van der Waals surface area (Å²) in [6.45, 7) is 3.31. The second kappa shape index (κ2) is 8.55. The zero-order valence-corrected chi connectivity index (χ0v) is 16.3. The molecule has 1 heterocycles. The second-order valence-corrected chi connectivity index (χ2v) is 6.65. The SMILES string of the molecule is CCCn1c(=O)c2ccccc2n(CC(=O)Nc2cccc(NC(C)=O)c2)c1=O. The maximum Gasteiger partial charge on any atom is 0.331 e. The van der Waals surface area contributed by atoms with Gasteiger partial charge < -0.3 is 10.6 Å². The normalized spacial score (nSPS) is 10.7. The molecule has 3 rings (SSSR count). The van der Waals surface area contributed by atoms with E-state index in [1.807, 2.05) is 6.92 Å². The van der Waals surface area contributed by atoms with E-state index < -0.39 is 11.6 Å². The number of carbonyl (C=O) groups excluding carboxylic acids is 2. The quantitative estimate of drug-likeness (QED) is 0.669. The fourth-order valence-electron chi connectivity index (χ4n) is 3.17. The molecule has 8 heteroatoms. The zero-order valence-electron chi connectivity index (χ0n) is 16.3. The van der Waals surface area contributed by atoms with Crippen LogP contribution in [0.1, 0.15) is 20.3 Å². The Labute approximate surface area is 166 Å². The lowest BCUT2D eigenvalue weighted by molar-refractivity contribution is -0.117. The third kappa shape index (κ3) is 4.43. The first-order valence-electron chi connectivity index (χ1n) is 9.30. The number of hydrogen-bond acceptors (Lipinski definition) is 4. The minimum atomic E-state index is -0.516. The van der Waals surface area contributed by atoms with Gasteiger partial charge in [0.15, 0.2) is 0 Å². The number of nitrogens with one attached hydrogen (secondary N) is 2. The van der Waals surface area contributed by atoms with Gasteiger partial charge in [0.2, 0.25) is 11.8 Å². The molecule has 0 saturated carbocycles. The topological polar surface area (TPSA) is 102 Å². The van der Waals surface area contributed by atoms with Gasteiger partial charge in [-0.3, -0.25) is 23.5 Å². The van der Waals surface area contributed by atoms with Crippen LogP contribution in [0.15, 0.2) is 58.1 Å². The van der Waals surface area contributed by atoms with E-state index >= 15 is 0 Å². The number of anilines is 2. The number of rotatable bonds is 6. The number of nitrogens with zero attached hydrogens (tertiary/aromatic N) is 2. The van der Waals surface area contributed by atoms with Gasteiger partial charge in [-0.15, -0.1) is 0 Å². The van der Waals surface area contributed by atoms with Crippen LogP contribution < -0.4 is 21.9 Å². The van der Waals surface area contributed by atoms with Gasteiger partial charge in [0.25, 0.3) is 5.56 Å². The summed E-state index contributed by atoms with van der Waals surface area (Å²) < 4.78 is 2.46. The molecule has 0 fully saturated rings. The third-order valence-electron chi connectivity index (χ3n) is 4.35. The minimum Gasteiger partial charge on any atom is -0.326 e. The molecule has 0 aliphatic heterocycles. The Bertz CT molecular complexity index is 1190. The molecule has 1 aromatic heterocycles. The molecule has 0 bridgehead atoms. The monoisotopic (exact) mass is 394 g/mol.